The molecule has 2 aromatic heterocycles. The minimum Gasteiger partial charge on any atom is -0.407 e. The minimum atomic E-state index is -0.156. The smallest absolute Gasteiger partial charge is 0.407 e. The van der Waals surface area contributed by atoms with E-state index in [4.69, 9.17) is 9.31 Å². The van der Waals surface area contributed by atoms with Gasteiger partial charge in [-0.15, -0.1) is 22.7 Å². The summed E-state index contributed by atoms with van der Waals surface area (Å²) in [5.41, 5.74) is 3.03. The van der Waals surface area contributed by atoms with E-state index in [0.29, 0.717) is 0 Å². The van der Waals surface area contributed by atoms with Crippen molar-refractivity contribution < 1.29 is 9.31 Å². The zero-order chi connectivity index (χ0) is 28.1. The molecular weight excluding hydrogens is 527 g/mol. The minimum absolute atomic E-state index is 0.156. The predicted molar refractivity (Wildman–Crippen MR) is 181 cm³/mol. The monoisotopic (exact) mass is 586 g/mol. The van der Waals surface area contributed by atoms with Crippen LogP contribution in [0.4, 0.5) is 0 Å². The summed E-state index contributed by atoms with van der Waals surface area (Å²) in [4.78, 5) is 2.93. The number of hydrogen-bond acceptors (Lipinski definition) is 4. The average Bonchev–Trinajstić information content (AvgIpc) is 3.62. The molecule has 0 bridgehead atoms. The molecule has 3 heterocycles. The highest BCUT2D eigenvalue weighted by Gasteiger charge is 2.30. The molecule has 0 saturated carbocycles. The Morgan fingerprint density at radius 1 is 0.625 bits per heavy atom. The maximum absolute atomic E-state index is 6.10. The zero-order valence-electron chi connectivity index (χ0n) is 26.1. The Balaban J connectivity index is 1.44. The molecule has 0 aromatic carbocycles. The molecule has 0 atom stereocenters. The predicted octanol–water partition coefficient (Wildman–Crippen LogP) is 11.5. The van der Waals surface area contributed by atoms with Crippen molar-refractivity contribution in [3.63, 3.8) is 0 Å². The van der Waals surface area contributed by atoms with Crippen molar-refractivity contribution in [2.45, 2.75) is 162 Å². The van der Waals surface area contributed by atoms with E-state index < -0.39 is 0 Å². The third-order valence-corrected chi connectivity index (χ3v) is 10.8. The quantitative estimate of drug-likeness (QED) is 0.0900. The van der Waals surface area contributed by atoms with Gasteiger partial charge >= 0.3 is 7.12 Å². The molecule has 2 nitrogen and oxygen atoms in total. The lowest BCUT2D eigenvalue weighted by molar-refractivity contribution is 0.144. The highest BCUT2D eigenvalue weighted by Crippen LogP contribution is 2.35. The van der Waals surface area contributed by atoms with E-state index in [0.717, 1.165) is 26.1 Å². The first-order valence-corrected chi connectivity index (χ1v) is 19.0. The van der Waals surface area contributed by atoms with Crippen molar-refractivity contribution in [2.75, 3.05) is 13.2 Å². The van der Waals surface area contributed by atoms with Gasteiger partial charge in [-0.2, -0.15) is 0 Å². The van der Waals surface area contributed by atoms with Gasteiger partial charge in [-0.3, -0.25) is 0 Å². The van der Waals surface area contributed by atoms with Crippen LogP contribution in [0, 0.1) is 0 Å². The van der Waals surface area contributed by atoms with Gasteiger partial charge < -0.3 is 9.31 Å². The summed E-state index contributed by atoms with van der Waals surface area (Å²) in [6.45, 7) is 6.23. The summed E-state index contributed by atoms with van der Waals surface area (Å²) in [7, 11) is -0.156. The Bertz CT molecular complexity index is 871. The largest absolute Gasteiger partial charge is 0.504 e. The van der Waals surface area contributed by atoms with Crippen molar-refractivity contribution in [3.05, 3.63) is 28.6 Å². The highest BCUT2D eigenvalue weighted by atomic mass is 32.1. The first-order chi connectivity index (χ1) is 19.8. The van der Waals surface area contributed by atoms with E-state index in [2.05, 4.69) is 31.4 Å². The van der Waals surface area contributed by atoms with Crippen LogP contribution in [0.3, 0.4) is 0 Å². The summed E-state index contributed by atoms with van der Waals surface area (Å²) in [6, 6.07) is 4.87. The molecule has 1 aliphatic rings. The summed E-state index contributed by atoms with van der Waals surface area (Å²) in [5.74, 6) is 0. The zero-order valence-corrected chi connectivity index (χ0v) is 27.8. The van der Waals surface area contributed by atoms with Crippen LogP contribution in [0.2, 0.25) is 0 Å². The highest BCUT2D eigenvalue weighted by molar-refractivity contribution is 7.28. The van der Waals surface area contributed by atoms with Crippen LogP contribution < -0.4 is 4.78 Å². The summed E-state index contributed by atoms with van der Waals surface area (Å²) >= 11 is 3.86. The molecule has 0 unspecified atom stereocenters. The Morgan fingerprint density at radius 2 is 1.10 bits per heavy atom. The molecule has 0 amide bonds. The molecule has 0 aliphatic carbocycles. The van der Waals surface area contributed by atoms with Gasteiger partial charge in [-0.05, 0) is 60.7 Å². The normalized spacial score (nSPS) is 13.9. The Kier molecular flexibility index (Phi) is 18.6. The number of thiophene rings is 2. The van der Waals surface area contributed by atoms with E-state index >= 15 is 0 Å². The summed E-state index contributed by atoms with van der Waals surface area (Å²) < 4.78 is 13.5. The van der Waals surface area contributed by atoms with E-state index in [1.54, 1.807) is 5.56 Å². The second kappa shape index (κ2) is 22.0. The average molecular weight is 587 g/mol. The van der Waals surface area contributed by atoms with Crippen LogP contribution in [0.1, 0.15) is 160 Å². The third kappa shape index (κ3) is 13.1. The topological polar surface area (TPSA) is 18.5 Å². The molecule has 1 aliphatic heterocycles. The molecule has 1 saturated heterocycles. The van der Waals surface area contributed by atoms with Crippen LogP contribution in [0.15, 0.2) is 17.5 Å². The van der Waals surface area contributed by atoms with Crippen LogP contribution in [0.25, 0.3) is 9.75 Å². The lowest BCUT2D eigenvalue weighted by Gasteiger charge is -2.19. The SMILES string of the molecule is CCCCCCCCCCCCc1cc(-c2sccc2CCCCCCCCCCCC)sc1B1OCCCO1. The molecule has 0 spiro atoms. The standard InChI is InChI=1S/C35H59BO2S2/c1-3-5-7-9-11-13-15-17-19-21-24-31-26-29-39-34(31)33-30-32(35(40-33)36-37-27-23-28-38-36)25-22-20-18-16-14-12-10-8-6-4-2/h26,29-30H,3-25,27-28H2,1-2H3. The summed E-state index contributed by atoms with van der Waals surface area (Å²) in [6.07, 6.45) is 31.2. The van der Waals surface area contributed by atoms with Crippen LogP contribution in [0.5, 0.6) is 0 Å². The van der Waals surface area contributed by atoms with Gasteiger partial charge in [-0.1, -0.05) is 129 Å². The molecule has 0 N–H and O–H groups in total. The first kappa shape index (κ1) is 33.9. The molecular formula is C35H59BO2S2. The fourth-order valence-electron chi connectivity index (χ4n) is 5.94. The fourth-order valence-corrected chi connectivity index (χ4v) is 8.26. The molecule has 1 fully saturated rings. The van der Waals surface area contributed by atoms with Crippen molar-refractivity contribution in [3.8, 4) is 9.75 Å². The lowest BCUT2D eigenvalue weighted by Crippen LogP contribution is -2.40. The lowest BCUT2D eigenvalue weighted by atomic mass is 9.82. The molecule has 5 heteroatoms. The van der Waals surface area contributed by atoms with Crippen molar-refractivity contribution in [1.82, 2.24) is 0 Å². The molecule has 0 radical (unpaired) electrons. The van der Waals surface area contributed by atoms with E-state index in [1.807, 2.05) is 22.7 Å². The Hall–Kier alpha value is -0.615. The van der Waals surface area contributed by atoms with Gasteiger partial charge in [0.15, 0.2) is 0 Å². The molecule has 226 valence electrons. The van der Waals surface area contributed by atoms with Crippen molar-refractivity contribution in [2.24, 2.45) is 0 Å². The van der Waals surface area contributed by atoms with Crippen LogP contribution in [-0.4, -0.2) is 20.3 Å². The molecule has 3 rings (SSSR count). The molecule has 2 aromatic rings. The van der Waals surface area contributed by atoms with Gasteiger partial charge in [-0.25, -0.2) is 0 Å². The third-order valence-electron chi connectivity index (χ3n) is 8.45. The van der Waals surface area contributed by atoms with Gasteiger partial charge in [0.25, 0.3) is 0 Å². The second-order valence-corrected chi connectivity index (χ2v) is 14.1. The van der Waals surface area contributed by atoms with E-state index in [-0.39, 0.29) is 7.12 Å². The number of unbranched alkanes of at least 4 members (excludes halogenated alkanes) is 18. The van der Waals surface area contributed by atoms with Gasteiger partial charge in [0.1, 0.15) is 0 Å². The Morgan fingerprint density at radius 3 is 1.62 bits per heavy atom. The van der Waals surface area contributed by atoms with E-state index in [1.165, 1.54) is 155 Å². The Labute approximate surface area is 256 Å². The van der Waals surface area contributed by atoms with Crippen LogP contribution >= 0.6 is 22.7 Å². The van der Waals surface area contributed by atoms with Gasteiger partial charge in [0.05, 0.1) is 0 Å². The van der Waals surface area contributed by atoms with Gasteiger partial charge in [0, 0.05) is 27.7 Å². The maximum atomic E-state index is 6.10. The summed E-state index contributed by atoms with van der Waals surface area (Å²) in [5, 5.41) is 2.30. The number of rotatable bonds is 24. The van der Waals surface area contributed by atoms with Crippen molar-refractivity contribution in [1.29, 1.82) is 0 Å². The van der Waals surface area contributed by atoms with E-state index in [9.17, 15) is 0 Å². The number of hydrogen-bond donors (Lipinski definition) is 0. The van der Waals surface area contributed by atoms with Crippen molar-refractivity contribution >= 4 is 34.6 Å². The second-order valence-electron chi connectivity index (χ2n) is 12.1. The van der Waals surface area contributed by atoms with Gasteiger partial charge in [0.2, 0.25) is 0 Å². The maximum Gasteiger partial charge on any atom is 0.504 e. The first-order valence-electron chi connectivity index (χ1n) is 17.3. The fraction of sp³-hybridized carbons (Fsp3) is 0.771. The number of aryl methyl sites for hydroxylation is 2. The van der Waals surface area contributed by atoms with Crippen LogP contribution in [-0.2, 0) is 22.2 Å². The molecule has 40 heavy (non-hydrogen) atoms.